The molecule has 6 heteroatoms. The van der Waals surface area contributed by atoms with Gasteiger partial charge in [-0.15, -0.1) is 0 Å². The average Bonchev–Trinajstić information content (AvgIpc) is 2.12. The topological polar surface area (TPSA) is 63.3 Å². The molecule has 0 fully saturated rings. The molecule has 0 bridgehead atoms. The Hall–Kier alpha value is -1.20. The molecule has 0 radical (unpaired) electrons. The van der Waals surface area contributed by atoms with E-state index < -0.39 is 29.2 Å². The van der Waals surface area contributed by atoms with Crippen molar-refractivity contribution in [3.8, 4) is 0 Å². The van der Waals surface area contributed by atoms with Crippen molar-refractivity contribution < 1.29 is 18.7 Å². The summed E-state index contributed by atoms with van der Waals surface area (Å²) in [6, 6.07) is 0.0992. The molecule has 0 saturated carbocycles. The van der Waals surface area contributed by atoms with Crippen molar-refractivity contribution in [1.82, 2.24) is 0 Å². The molecule has 14 heavy (non-hydrogen) atoms. The van der Waals surface area contributed by atoms with Crippen LogP contribution >= 0.6 is 11.6 Å². The average molecular weight is 222 g/mol. The lowest BCUT2D eigenvalue weighted by Crippen LogP contribution is -2.23. The van der Waals surface area contributed by atoms with Crippen molar-refractivity contribution in [2.75, 3.05) is 0 Å². The maximum Gasteiger partial charge on any atom is 0.325 e. The summed E-state index contributed by atoms with van der Waals surface area (Å²) in [5.74, 6) is -3.69. The zero-order valence-electron chi connectivity index (χ0n) is 6.80. The zero-order chi connectivity index (χ0) is 10.9. The van der Waals surface area contributed by atoms with Gasteiger partial charge in [-0.3, -0.25) is 4.79 Å². The number of nitrogens with two attached hydrogens (primary N) is 1. The molecular weight excluding hydrogens is 216 g/mol. The molecule has 1 atom stereocenters. The van der Waals surface area contributed by atoms with Crippen LogP contribution in [-0.4, -0.2) is 11.1 Å². The molecule has 1 unspecified atom stereocenters. The first-order chi connectivity index (χ1) is 6.45. The van der Waals surface area contributed by atoms with Gasteiger partial charge in [0.2, 0.25) is 0 Å². The van der Waals surface area contributed by atoms with Gasteiger partial charge in [-0.05, 0) is 12.1 Å². The number of carbonyl (C=O) groups is 1. The highest BCUT2D eigenvalue weighted by Gasteiger charge is 2.24. The van der Waals surface area contributed by atoms with Gasteiger partial charge in [0, 0.05) is 0 Å². The molecule has 1 rings (SSSR count). The smallest absolute Gasteiger partial charge is 0.325 e. The first kappa shape index (κ1) is 10.9. The highest BCUT2D eigenvalue weighted by Crippen LogP contribution is 2.25. The summed E-state index contributed by atoms with van der Waals surface area (Å²) in [5.41, 5.74) is 4.34. The maximum atomic E-state index is 13.2. The number of aliphatic carboxylic acids is 1. The number of carboxylic acid groups (broad SMARTS) is 1. The number of hydrogen-bond donors (Lipinski definition) is 2. The van der Waals surface area contributed by atoms with E-state index in [1.807, 2.05) is 0 Å². The molecule has 0 aliphatic heterocycles. The predicted molar refractivity (Wildman–Crippen MR) is 45.9 cm³/mol. The van der Waals surface area contributed by atoms with Crippen LogP contribution in [0.25, 0.3) is 0 Å². The third-order valence-electron chi connectivity index (χ3n) is 1.66. The molecule has 3 nitrogen and oxygen atoms in total. The minimum Gasteiger partial charge on any atom is -0.480 e. The SMILES string of the molecule is NC(C(=O)O)c1c(F)ccc(Cl)c1F. The zero-order valence-corrected chi connectivity index (χ0v) is 7.55. The Morgan fingerprint density at radius 2 is 2.07 bits per heavy atom. The molecule has 3 N–H and O–H groups in total. The Balaban J connectivity index is 3.32. The largest absolute Gasteiger partial charge is 0.480 e. The van der Waals surface area contributed by atoms with E-state index >= 15 is 0 Å². The van der Waals surface area contributed by atoms with E-state index in [-0.39, 0.29) is 5.02 Å². The number of halogens is 3. The highest BCUT2D eigenvalue weighted by molar-refractivity contribution is 6.30. The fourth-order valence-electron chi connectivity index (χ4n) is 0.951. The molecule has 1 aromatic rings. The van der Waals surface area contributed by atoms with Crippen LogP contribution in [0.2, 0.25) is 5.02 Å². The summed E-state index contributed by atoms with van der Waals surface area (Å²) < 4.78 is 26.2. The second-order valence-corrected chi connectivity index (χ2v) is 2.98. The third-order valence-corrected chi connectivity index (χ3v) is 1.95. The van der Waals surface area contributed by atoms with E-state index in [1.54, 1.807) is 0 Å². The predicted octanol–water partition coefficient (Wildman–Crippen LogP) is 1.70. The number of hydrogen-bond acceptors (Lipinski definition) is 2. The van der Waals surface area contributed by atoms with Gasteiger partial charge < -0.3 is 10.8 Å². The quantitative estimate of drug-likeness (QED) is 0.748. The van der Waals surface area contributed by atoms with Gasteiger partial charge in [-0.2, -0.15) is 0 Å². The second-order valence-electron chi connectivity index (χ2n) is 2.57. The van der Waals surface area contributed by atoms with Gasteiger partial charge in [-0.1, -0.05) is 11.6 Å². The van der Waals surface area contributed by atoms with E-state index in [4.69, 9.17) is 22.4 Å². The minimum absolute atomic E-state index is 0.363. The van der Waals surface area contributed by atoms with Gasteiger partial charge in [-0.25, -0.2) is 8.78 Å². The number of rotatable bonds is 2. The second kappa shape index (κ2) is 3.89. The van der Waals surface area contributed by atoms with Crippen LogP contribution in [0.15, 0.2) is 12.1 Å². The van der Waals surface area contributed by atoms with Gasteiger partial charge in [0.15, 0.2) is 0 Å². The third kappa shape index (κ3) is 1.83. The summed E-state index contributed by atoms with van der Waals surface area (Å²) >= 11 is 5.34. The lowest BCUT2D eigenvalue weighted by molar-refractivity contribution is -0.138. The molecular formula is C8H6ClF2NO2. The lowest BCUT2D eigenvalue weighted by atomic mass is 10.1. The van der Waals surface area contributed by atoms with Gasteiger partial charge in [0.1, 0.15) is 17.7 Å². The molecule has 0 amide bonds. The Bertz CT molecular complexity index is 384. The van der Waals surface area contributed by atoms with Crippen LogP contribution in [0.4, 0.5) is 8.78 Å². The van der Waals surface area contributed by atoms with E-state index in [0.29, 0.717) is 0 Å². The van der Waals surface area contributed by atoms with Crippen molar-refractivity contribution in [3.63, 3.8) is 0 Å². The van der Waals surface area contributed by atoms with E-state index in [2.05, 4.69) is 0 Å². The Morgan fingerprint density at radius 1 is 1.50 bits per heavy atom. The van der Waals surface area contributed by atoms with Crippen LogP contribution in [0.3, 0.4) is 0 Å². The van der Waals surface area contributed by atoms with Crippen LogP contribution in [0.5, 0.6) is 0 Å². The van der Waals surface area contributed by atoms with Gasteiger partial charge >= 0.3 is 5.97 Å². The molecule has 1 aromatic carbocycles. The van der Waals surface area contributed by atoms with E-state index in [9.17, 15) is 13.6 Å². The fraction of sp³-hybridized carbons (Fsp3) is 0.125. The van der Waals surface area contributed by atoms with Crippen LogP contribution in [-0.2, 0) is 4.79 Å². The van der Waals surface area contributed by atoms with Crippen LogP contribution in [0, 0.1) is 11.6 Å². The summed E-state index contributed by atoms with van der Waals surface area (Å²) in [4.78, 5) is 10.4. The van der Waals surface area contributed by atoms with Crippen molar-refractivity contribution in [2.24, 2.45) is 5.73 Å². The van der Waals surface area contributed by atoms with Crippen molar-refractivity contribution in [2.45, 2.75) is 6.04 Å². The minimum atomic E-state index is -1.76. The molecule has 76 valence electrons. The molecule has 0 spiro atoms. The van der Waals surface area contributed by atoms with E-state index in [0.717, 1.165) is 12.1 Å². The number of benzene rings is 1. The maximum absolute atomic E-state index is 13.2. The first-order valence-corrected chi connectivity index (χ1v) is 3.94. The van der Waals surface area contributed by atoms with Gasteiger partial charge in [0.05, 0.1) is 10.6 Å². The fourth-order valence-corrected chi connectivity index (χ4v) is 1.12. The lowest BCUT2D eigenvalue weighted by Gasteiger charge is -2.09. The Labute approximate surface area is 83.1 Å². The summed E-state index contributed by atoms with van der Waals surface area (Å²) in [5, 5.41) is 8.11. The molecule has 0 aliphatic carbocycles. The molecule has 0 aliphatic rings. The Kier molecular flexibility index (Phi) is 3.03. The van der Waals surface area contributed by atoms with Crippen LogP contribution in [0.1, 0.15) is 11.6 Å². The Morgan fingerprint density at radius 3 is 2.57 bits per heavy atom. The van der Waals surface area contributed by atoms with E-state index in [1.165, 1.54) is 0 Å². The number of carboxylic acids is 1. The van der Waals surface area contributed by atoms with Crippen molar-refractivity contribution >= 4 is 17.6 Å². The van der Waals surface area contributed by atoms with Crippen LogP contribution < -0.4 is 5.73 Å². The summed E-state index contributed by atoms with van der Waals surface area (Å²) in [6.07, 6.45) is 0. The standard InChI is InChI=1S/C8H6ClF2NO2/c9-3-1-2-4(10)5(6(3)11)7(12)8(13)14/h1-2,7H,12H2,(H,13,14). The molecule has 0 aromatic heterocycles. The normalized spacial score (nSPS) is 12.6. The van der Waals surface area contributed by atoms with Crippen molar-refractivity contribution in [3.05, 3.63) is 34.4 Å². The first-order valence-electron chi connectivity index (χ1n) is 3.57. The molecule has 0 saturated heterocycles. The highest BCUT2D eigenvalue weighted by atomic mass is 35.5. The molecule has 0 heterocycles. The monoisotopic (exact) mass is 221 g/mol. The van der Waals surface area contributed by atoms with Crippen molar-refractivity contribution in [1.29, 1.82) is 0 Å². The summed E-state index contributed by atoms with van der Waals surface area (Å²) in [6.45, 7) is 0. The van der Waals surface area contributed by atoms with Gasteiger partial charge in [0.25, 0.3) is 0 Å². The summed E-state index contributed by atoms with van der Waals surface area (Å²) in [7, 11) is 0.